The first-order valence-corrected chi connectivity index (χ1v) is 7.32. The Kier molecular flexibility index (Phi) is 6.15. The molecule has 0 atom stereocenters. The largest absolute Gasteiger partial charge is 0.334 e. The molecule has 1 saturated heterocycles. The molecule has 1 aliphatic heterocycles. The number of aliphatic imine (C=N–C) groups is 1. The van der Waals surface area contributed by atoms with Crippen LogP contribution in [0.1, 0.15) is 34.1 Å². The minimum Gasteiger partial charge on any atom is -0.276 e. The highest BCUT2D eigenvalue weighted by Gasteiger charge is 2.40. The van der Waals surface area contributed by atoms with Crippen LogP contribution >= 0.6 is 0 Å². The van der Waals surface area contributed by atoms with E-state index >= 15 is 0 Å². The molecule has 21 heavy (non-hydrogen) atoms. The van der Waals surface area contributed by atoms with Crippen LogP contribution in [0.2, 0.25) is 0 Å². The van der Waals surface area contributed by atoms with Gasteiger partial charge in [-0.15, -0.1) is 0 Å². The average molecular weight is 287 g/mol. The smallest absolute Gasteiger partial charge is 0.276 e. The number of carbonyl (C=O) groups excluding carboxylic acids is 1. The number of rotatable bonds is 6. The zero-order valence-electron chi connectivity index (χ0n) is 13.5. The molecule has 2 amide bonds. The second kappa shape index (κ2) is 7.62. The van der Waals surface area contributed by atoms with Gasteiger partial charge in [0.05, 0.1) is 11.4 Å². The monoisotopic (exact) mass is 287 g/mol. The van der Waals surface area contributed by atoms with E-state index in [0.29, 0.717) is 18.8 Å². The molecule has 0 radical (unpaired) electrons. The summed E-state index contributed by atoms with van der Waals surface area (Å²) in [5.41, 5.74) is 2.61. The molecule has 4 nitrogen and oxygen atoms in total. The maximum atomic E-state index is 12.8. The Balaban J connectivity index is 3.49. The lowest BCUT2D eigenvalue weighted by atomic mass is 10.2. The van der Waals surface area contributed by atoms with Crippen molar-refractivity contribution in [1.29, 1.82) is 0 Å². The first-order chi connectivity index (χ1) is 10.0. The van der Waals surface area contributed by atoms with Crippen molar-refractivity contribution in [3.63, 3.8) is 0 Å². The Morgan fingerprint density at radius 1 is 1.29 bits per heavy atom. The van der Waals surface area contributed by atoms with Crippen molar-refractivity contribution in [2.45, 2.75) is 34.1 Å². The summed E-state index contributed by atoms with van der Waals surface area (Å²) in [6.07, 6.45) is 5.99. The van der Waals surface area contributed by atoms with E-state index in [1.807, 2.05) is 20.8 Å². The van der Waals surface area contributed by atoms with Crippen molar-refractivity contribution in [3.05, 3.63) is 48.4 Å². The number of amides is 2. The normalized spacial score (nSPS) is 17.7. The maximum absolute atomic E-state index is 12.8. The molecule has 0 saturated carbocycles. The Morgan fingerprint density at radius 3 is 2.38 bits per heavy atom. The second-order valence-electron chi connectivity index (χ2n) is 4.95. The highest BCUT2D eigenvalue weighted by molar-refractivity contribution is 6.15. The Bertz CT molecular complexity index is 522. The van der Waals surface area contributed by atoms with E-state index in [0.717, 1.165) is 23.5 Å². The quantitative estimate of drug-likeness (QED) is 0.677. The molecule has 114 valence electrons. The molecule has 0 bridgehead atoms. The second-order valence-corrected chi connectivity index (χ2v) is 4.95. The summed E-state index contributed by atoms with van der Waals surface area (Å²) in [4.78, 5) is 20.7. The number of nitrogens with zero attached hydrogens (tertiary/aromatic N) is 3. The topological polar surface area (TPSA) is 35.9 Å². The summed E-state index contributed by atoms with van der Waals surface area (Å²) in [5.74, 6) is 0.751. The van der Waals surface area contributed by atoms with Crippen LogP contribution in [-0.2, 0) is 0 Å². The summed E-state index contributed by atoms with van der Waals surface area (Å²) in [6, 6.07) is -0.0757. The van der Waals surface area contributed by atoms with Gasteiger partial charge in [0.2, 0.25) is 0 Å². The van der Waals surface area contributed by atoms with Crippen LogP contribution in [0.25, 0.3) is 0 Å². The average Bonchev–Trinajstić information content (AvgIpc) is 2.71. The van der Waals surface area contributed by atoms with E-state index in [4.69, 9.17) is 0 Å². The van der Waals surface area contributed by atoms with Gasteiger partial charge in [-0.25, -0.2) is 4.79 Å². The van der Waals surface area contributed by atoms with E-state index in [9.17, 15) is 4.79 Å². The predicted molar refractivity (Wildman–Crippen MR) is 89.1 cm³/mol. The molecule has 1 heterocycles. The van der Waals surface area contributed by atoms with E-state index in [1.54, 1.807) is 28.0 Å². The Hall–Kier alpha value is -2.10. The molecule has 1 fully saturated rings. The molecule has 1 aliphatic rings. The third-order valence-electron chi connectivity index (χ3n) is 3.10. The maximum Gasteiger partial charge on any atom is 0.334 e. The van der Waals surface area contributed by atoms with Crippen molar-refractivity contribution in [1.82, 2.24) is 9.80 Å². The number of hydrogen-bond acceptors (Lipinski definition) is 2. The molecule has 4 heteroatoms. The van der Waals surface area contributed by atoms with Gasteiger partial charge in [0.1, 0.15) is 0 Å². The lowest BCUT2D eigenvalue weighted by Crippen LogP contribution is -2.33. The highest BCUT2D eigenvalue weighted by Crippen LogP contribution is 2.30. The minimum absolute atomic E-state index is 0.0757. The van der Waals surface area contributed by atoms with Crippen LogP contribution < -0.4 is 0 Å². The third-order valence-corrected chi connectivity index (χ3v) is 3.10. The standard InChI is InChI=1S/C17H25N3O/c1-7-11-14(9-3)20-15(13(5)6)16(18-10-4)19(12-8-2)17(20)21/h7,9,11H,1,3,8,10,12H2,2,4-6H3/b14-11+,18-16?. The summed E-state index contributed by atoms with van der Waals surface area (Å²) >= 11 is 0. The van der Waals surface area contributed by atoms with Gasteiger partial charge >= 0.3 is 6.03 Å². The van der Waals surface area contributed by atoms with Gasteiger partial charge in [0, 0.05) is 13.1 Å². The van der Waals surface area contributed by atoms with Gasteiger partial charge in [0.15, 0.2) is 5.84 Å². The minimum atomic E-state index is -0.0757. The zero-order valence-corrected chi connectivity index (χ0v) is 13.5. The molecular weight excluding hydrogens is 262 g/mol. The third kappa shape index (κ3) is 3.32. The fourth-order valence-corrected chi connectivity index (χ4v) is 2.31. The SMILES string of the molecule is C=C/C=C(\C=C)N1C(=O)N(CCC)C(=NCC)C1=C(C)C. The van der Waals surface area contributed by atoms with Crippen LogP contribution in [0.5, 0.6) is 0 Å². The molecule has 0 aromatic rings. The first-order valence-electron chi connectivity index (χ1n) is 7.32. The van der Waals surface area contributed by atoms with E-state index in [2.05, 4.69) is 25.1 Å². The number of carbonyl (C=O) groups is 1. The van der Waals surface area contributed by atoms with Gasteiger partial charge < -0.3 is 0 Å². The zero-order chi connectivity index (χ0) is 16.0. The van der Waals surface area contributed by atoms with Crippen LogP contribution in [0, 0.1) is 0 Å². The van der Waals surface area contributed by atoms with Crippen LogP contribution in [-0.4, -0.2) is 34.8 Å². The Morgan fingerprint density at radius 2 is 1.95 bits per heavy atom. The molecular formula is C17H25N3O. The van der Waals surface area contributed by atoms with Crippen LogP contribution in [0.4, 0.5) is 4.79 Å². The number of hydrogen-bond donors (Lipinski definition) is 0. The molecule has 0 spiro atoms. The number of allylic oxidation sites excluding steroid dienone is 4. The van der Waals surface area contributed by atoms with E-state index in [-0.39, 0.29) is 6.03 Å². The molecule has 1 rings (SSSR count). The van der Waals surface area contributed by atoms with Gasteiger partial charge in [-0.05, 0) is 44.9 Å². The molecule has 0 aromatic heterocycles. The molecule has 0 unspecified atom stereocenters. The first kappa shape index (κ1) is 17.0. The van der Waals surface area contributed by atoms with Gasteiger partial charge in [-0.1, -0.05) is 26.2 Å². The summed E-state index contributed by atoms with van der Waals surface area (Å²) in [5, 5.41) is 0. The molecule has 0 aromatic carbocycles. The lowest BCUT2D eigenvalue weighted by molar-refractivity contribution is 0.209. The highest BCUT2D eigenvalue weighted by atomic mass is 16.2. The summed E-state index contributed by atoms with van der Waals surface area (Å²) < 4.78 is 0. The van der Waals surface area contributed by atoms with Gasteiger partial charge in [0.25, 0.3) is 0 Å². The fourth-order valence-electron chi connectivity index (χ4n) is 2.31. The predicted octanol–water partition coefficient (Wildman–Crippen LogP) is 4.10. The van der Waals surface area contributed by atoms with Gasteiger partial charge in [-0.2, -0.15) is 0 Å². The summed E-state index contributed by atoms with van der Waals surface area (Å²) in [7, 11) is 0. The Labute approximate surface area is 127 Å². The van der Waals surface area contributed by atoms with E-state index < -0.39 is 0 Å². The van der Waals surface area contributed by atoms with Crippen LogP contribution in [0.15, 0.2) is 53.3 Å². The number of urea groups is 1. The van der Waals surface area contributed by atoms with Crippen molar-refractivity contribution < 1.29 is 4.79 Å². The molecule has 0 N–H and O–H groups in total. The fraction of sp³-hybridized carbons (Fsp3) is 0.412. The van der Waals surface area contributed by atoms with Crippen molar-refractivity contribution in [2.24, 2.45) is 4.99 Å². The number of amidine groups is 1. The van der Waals surface area contributed by atoms with Crippen molar-refractivity contribution >= 4 is 11.9 Å². The lowest BCUT2D eigenvalue weighted by Gasteiger charge is -2.18. The van der Waals surface area contributed by atoms with Crippen molar-refractivity contribution in [2.75, 3.05) is 13.1 Å². The summed E-state index contributed by atoms with van der Waals surface area (Å²) in [6.45, 7) is 16.8. The molecule has 0 aliphatic carbocycles. The van der Waals surface area contributed by atoms with Crippen LogP contribution in [0.3, 0.4) is 0 Å². The van der Waals surface area contributed by atoms with Crippen molar-refractivity contribution in [3.8, 4) is 0 Å². The van der Waals surface area contributed by atoms with Gasteiger partial charge in [-0.3, -0.25) is 14.8 Å². The van der Waals surface area contributed by atoms with E-state index in [1.165, 1.54) is 0 Å².